The van der Waals surface area contributed by atoms with Crippen LogP contribution in [-0.2, 0) is 44.6 Å². The van der Waals surface area contributed by atoms with E-state index in [0.29, 0.717) is 16.7 Å². The second-order valence-corrected chi connectivity index (χ2v) is 16.3. The molecule has 0 aromatic heterocycles. The summed E-state index contributed by atoms with van der Waals surface area (Å²) in [6.07, 6.45) is 0.738. The molecule has 3 aliphatic carbocycles. The van der Waals surface area contributed by atoms with Gasteiger partial charge >= 0.3 is 24.1 Å². The molecule has 2 aromatic rings. The number of esters is 3. The first-order valence-electron chi connectivity index (χ1n) is 19.7. The summed E-state index contributed by atoms with van der Waals surface area (Å²) in [7, 11) is 0. The first-order valence-corrected chi connectivity index (χ1v) is 19.7. The lowest BCUT2D eigenvalue weighted by Crippen LogP contribution is -2.44. The molecule has 1 heterocycles. The van der Waals surface area contributed by atoms with Crippen molar-refractivity contribution in [1.82, 2.24) is 10.6 Å². The summed E-state index contributed by atoms with van der Waals surface area (Å²) in [5.41, 5.74) is 0.987. The predicted octanol–water partition coefficient (Wildman–Crippen LogP) is 5.49. The molecule has 318 valence electrons. The van der Waals surface area contributed by atoms with Crippen LogP contribution in [0.25, 0.3) is 6.08 Å². The Morgan fingerprint density at radius 1 is 0.949 bits per heavy atom. The number of aliphatic hydroxyl groups is 1. The van der Waals surface area contributed by atoms with Gasteiger partial charge in [0.25, 0.3) is 5.91 Å². The average molecular weight is 827 g/mol. The van der Waals surface area contributed by atoms with Crippen molar-refractivity contribution in [3.8, 4) is 0 Å². The van der Waals surface area contributed by atoms with E-state index in [0.717, 1.165) is 31.8 Å². The van der Waals surface area contributed by atoms with E-state index < -0.39 is 78.2 Å². The van der Waals surface area contributed by atoms with Crippen molar-refractivity contribution < 1.29 is 65.9 Å². The molecule has 59 heavy (non-hydrogen) atoms. The Hall–Kier alpha value is -5.06. The van der Waals surface area contributed by atoms with E-state index in [1.54, 1.807) is 57.2 Å². The normalized spacial score (nSPS) is 21.8. The zero-order valence-corrected chi connectivity index (χ0v) is 33.0. The molecule has 16 heteroatoms. The lowest BCUT2D eigenvalue weighted by molar-refractivity contribution is -0.209. The summed E-state index contributed by atoms with van der Waals surface area (Å²) < 4.78 is 66.1. The Labute approximate surface area is 339 Å². The lowest BCUT2D eigenvalue weighted by Gasteiger charge is -2.31. The van der Waals surface area contributed by atoms with Crippen LogP contribution in [0.4, 0.5) is 13.2 Å². The van der Waals surface area contributed by atoms with E-state index in [1.165, 1.54) is 24.3 Å². The fourth-order valence-corrected chi connectivity index (χ4v) is 7.19. The van der Waals surface area contributed by atoms with Gasteiger partial charge in [0.05, 0.1) is 18.2 Å². The lowest BCUT2D eigenvalue weighted by atomic mass is 9.91. The van der Waals surface area contributed by atoms with Crippen LogP contribution >= 0.6 is 0 Å². The molecule has 0 spiro atoms. The summed E-state index contributed by atoms with van der Waals surface area (Å²) in [6, 6.07) is 11.9. The topological polar surface area (TPSA) is 176 Å². The molecule has 2 amide bonds. The van der Waals surface area contributed by atoms with Gasteiger partial charge in [-0.3, -0.25) is 14.4 Å². The van der Waals surface area contributed by atoms with Gasteiger partial charge in [-0.1, -0.05) is 24.3 Å². The third-order valence-electron chi connectivity index (χ3n) is 10.2. The van der Waals surface area contributed by atoms with Gasteiger partial charge in [-0.05, 0) is 100 Å². The third kappa shape index (κ3) is 12.0. The number of fused-ring (bicyclic) bond motifs is 1. The molecule has 4 atom stereocenters. The number of amides is 2. The number of halogens is 3. The number of hydrogen-bond donors (Lipinski definition) is 3. The molecule has 4 aliphatic rings. The van der Waals surface area contributed by atoms with Gasteiger partial charge in [-0.25, -0.2) is 9.59 Å². The van der Waals surface area contributed by atoms with E-state index in [2.05, 4.69) is 15.4 Å². The summed E-state index contributed by atoms with van der Waals surface area (Å²) in [5.74, 6) is -3.74. The molecule has 0 radical (unpaired) electrons. The summed E-state index contributed by atoms with van der Waals surface area (Å²) in [5, 5.41) is 15.5. The Kier molecular flexibility index (Phi) is 13.3. The Morgan fingerprint density at radius 3 is 2.31 bits per heavy atom. The molecule has 2 aromatic carbocycles. The molecule has 3 fully saturated rings. The summed E-state index contributed by atoms with van der Waals surface area (Å²) >= 11 is 0. The number of hydrogen-bond acceptors (Lipinski definition) is 11. The number of nitrogens with one attached hydrogen (secondary N) is 2. The van der Waals surface area contributed by atoms with Crippen molar-refractivity contribution >= 4 is 35.8 Å². The van der Waals surface area contributed by atoms with Gasteiger partial charge in [-0.15, -0.1) is 0 Å². The molecule has 2 saturated carbocycles. The van der Waals surface area contributed by atoms with Crippen molar-refractivity contribution in [3.05, 3.63) is 88.5 Å². The SMILES string of the molecule is CC(C)(C)OC(=O)CC[C@@H](CO)NC(=O)c1cccc(CNC(=O)C2=C[C@H]3OC(C4CC4)(C4CC4)O[C@H]3[C@H](OC(=O)c3cccc(C=CC(=O)OCC(F)(F)F)c3)C2)c1. The van der Waals surface area contributed by atoms with Crippen molar-refractivity contribution in [1.29, 1.82) is 0 Å². The number of benzene rings is 2. The first kappa shape index (κ1) is 43.5. The molecule has 0 bridgehead atoms. The van der Waals surface area contributed by atoms with E-state index in [-0.39, 0.29) is 55.4 Å². The second-order valence-electron chi connectivity index (χ2n) is 16.3. The maximum Gasteiger partial charge on any atom is 0.422 e. The van der Waals surface area contributed by atoms with Gasteiger partial charge in [0.2, 0.25) is 5.91 Å². The van der Waals surface area contributed by atoms with Crippen molar-refractivity contribution in [2.75, 3.05) is 13.2 Å². The first-order chi connectivity index (χ1) is 27.9. The van der Waals surface area contributed by atoms with Gasteiger partial charge in [0, 0.05) is 48.4 Å². The minimum atomic E-state index is -4.67. The second kappa shape index (κ2) is 18.1. The number of alkyl halides is 3. The standard InChI is InChI=1S/C43H49F3N2O11/c1-41(2,3)58-36(51)17-15-32(23-49)48-39(53)27-8-5-7-26(19-27)22-47-38(52)29-20-33(37-34(21-29)57-43(59-37,30-11-12-30)31-13-14-31)56-40(54)28-9-4-6-25(18-28)10-16-35(50)55-24-42(44,45)46/h4-10,16,18-19,21,30-34,37,49H,11-15,17,20,22-24H2,1-3H3,(H,47,52)(H,48,53)/t32-,33+,34+,37-/m0/s1. The van der Waals surface area contributed by atoms with E-state index in [4.69, 9.17) is 18.9 Å². The van der Waals surface area contributed by atoms with Crippen LogP contribution in [0.1, 0.15) is 97.6 Å². The maximum absolute atomic E-state index is 13.7. The van der Waals surface area contributed by atoms with E-state index >= 15 is 0 Å². The van der Waals surface area contributed by atoms with Gasteiger partial charge in [-0.2, -0.15) is 13.2 Å². The number of carbonyl (C=O) groups excluding carboxylic acids is 5. The van der Waals surface area contributed by atoms with Crippen LogP contribution in [0.3, 0.4) is 0 Å². The molecule has 13 nitrogen and oxygen atoms in total. The minimum Gasteiger partial charge on any atom is -0.460 e. The third-order valence-corrected chi connectivity index (χ3v) is 10.2. The van der Waals surface area contributed by atoms with Crippen LogP contribution in [0.5, 0.6) is 0 Å². The Morgan fingerprint density at radius 2 is 1.64 bits per heavy atom. The molecule has 6 rings (SSSR count). The van der Waals surface area contributed by atoms with Crippen molar-refractivity contribution in [2.24, 2.45) is 11.8 Å². The van der Waals surface area contributed by atoms with Crippen LogP contribution in [0.15, 0.2) is 66.3 Å². The number of carbonyl (C=O) groups is 5. The molecule has 1 aliphatic heterocycles. The van der Waals surface area contributed by atoms with E-state index in [9.17, 15) is 42.3 Å². The van der Waals surface area contributed by atoms with Gasteiger partial charge in [0.1, 0.15) is 23.9 Å². The molecular formula is C43H49F3N2O11. The van der Waals surface area contributed by atoms with Crippen molar-refractivity contribution in [3.63, 3.8) is 0 Å². The van der Waals surface area contributed by atoms with Crippen LogP contribution in [0.2, 0.25) is 0 Å². The molecule has 0 unspecified atom stereocenters. The maximum atomic E-state index is 13.7. The van der Waals surface area contributed by atoms with E-state index in [1.807, 2.05) is 0 Å². The summed E-state index contributed by atoms with van der Waals surface area (Å²) in [6.45, 7) is 3.20. The van der Waals surface area contributed by atoms with Crippen molar-refractivity contribution in [2.45, 2.75) is 114 Å². The highest BCUT2D eigenvalue weighted by Gasteiger charge is 2.64. The Balaban J connectivity index is 1.10. The fraction of sp³-hybridized carbons (Fsp3) is 0.512. The number of rotatable bonds is 16. The van der Waals surface area contributed by atoms with Crippen LogP contribution in [-0.4, -0.2) is 90.0 Å². The number of aliphatic hydroxyl groups excluding tert-OH is 1. The average Bonchev–Trinajstić information content (AvgIpc) is 4.14. The Bertz CT molecular complexity index is 1950. The fourth-order valence-electron chi connectivity index (χ4n) is 7.19. The monoisotopic (exact) mass is 826 g/mol. The number of ether oxygens (including phenoxy) is 5. The quantitative estimate of drug-likeness (QED) is 0.111. The largest absolute Gasteiger partial charge is 0.460 e. The molecule has 3 N–H and O–H groups in total. The van der Waals surface area contributed by atoms with Gasteiger partial charge in [0.15, 0.2) is 12.4 Å². The highest BCUT2D eigenvalue weighted by molar-refractivity contribution is 5.96. The highest BCUT2D eigenvalue weighted by atomic mass is 19.4. The predicted molar refractivity (Wildman–Crippen MR) is 204 cm³/mol. The summed E-state index contributed by atoms with van der Waals surface area (Å²) in [4.78, 5) is 64.3. The highest BCUT2D eigenvalue weighted by Crippen LogP contribution is 2.59. The van der Waals surface area contributed by atoms with Crippen LogP contribution < -0.4 is 10.6 Å². The molecular weight excluding hydrogens is 777 g/mol. The zero-order chi connectivity index (χ0) is 42.5. The zero-order valence-electron chi connectivity index (χ0n) is 33.0. The molecule has 1 saturated heterocycles. The van der Waals surface area contributed by atoms with Crippen LogP contribution in [0, 0.1) is 11.8 Å². The smallest absolute Gasteiger partial charge is 0.422 e. The van der Waals surface area contributed by atoms with Gasteiger partial charge < -0.3 is 39.4 Å². The minimum absolute atomic E-state index is 0.00639.